The maximum atomic E-state index is 11.6. The van der Waals surface area contributed by atoms with Gasteiger partial charge in [0.15, 0.2) is 0 Å². The predicted molar refractivity (Wildman–Crippen MR) is 62.9 cm³/mol. The summed E-state index contributed by atoms with van der Waals surface area (Å²) in [7, 11) is 0. The maximum Gasteiger partial charge on any atom is 0.409 e. The van der Waals surface area contributed by atoms with Crippen LogP contribution in [-0.4, -0.2) is 49.8 Å². The van der Waals surface area contributed by atoms with Crippen LogP contribution in [-0.2, 0) is 9.47 Å². The Morgan fingerprint density at radius 3 is 2.38 bits per heavy atom. The Bertz CT molecular complexity index is 194. The molecular weight excluding hydrogens is 230 g/mol. The van der Waals surface area contributed by atoms with Crippen molar-refractivity contribution in [1.29, 1.82) is 0 Å². The van der Waals surface area contributed by atoms with Crippen molar-refractivity contribution in [3.05, 3.63) is 0 Å². The second kappa shape index (κ2) is 8.65. The summed E-state index contributed by atoms with van der Waals surface area (Å²) >= 11 is 5.44. The van der Waals surface area contributed by atoms with Crippen molar-refractivity contribution in [3.8, 4) is 0 Å². The minimum atomic E-state index is -0.212. The first-order valence-electron chi connectivity index (χ1n) is 5.90. The number of nitrogens with zero attached hydrogens (tertiary/aromatic N) is 1. The smallest absolute Gasteiger partial charge is 0.409 e. The van der Waals surface area contributed by atoms with E-state index in [1.54, 1.807) is 4.90 Å². The molecule has 0 N–H and O–H groups in total. The summed E-state index contributed by atoms with van der Waals surface area (Å²) in [5.41, 5.74) is 0. The van der Waals surface area contributed by atoms with Gasteiger partial charge in [0.05, 0.1) is 13.2 Å². The average Bonchev–Trinajstić information content (AvgIpc) is 2.57. The van der Waals surface area contributed by atoms with Crippen LogP contribution in [0.2, 0.25) is 0 Å². The molecule has 0 spiro atoms. The van der Waals surface area contributed by atoms with Crippen LogP contribution in [0.1, 0.15) is 25.7 Å². The van der Waals surface area contributed by atoms with Crippen molar-refractivity contribution in [2.45, 2.75) is 25.7 Å². The van der Waals surface area contributed by atoms with Crippen molar-refractivity contribution in [2.24, 2.45) is 0 Å². The Labute approximate surface area is 102 Å². The number of carbonyl (C=O) groups is 1. The molecule has 1 saturated heterocycles. The fourth-order valence-corrected chi connectivity index (χ4v) is 1.80. The molecule has 0 aromatic rings. The van der Waals surface area contributed by atoms with Gasteiger partial charge in [0, 0.05) is 19.0 Å². The molecule has 5 heteroatoms. The first-order chi connectivity index (χ1) is 7.84. The molecule has 94 valence electrons. The number of hydrogen-bond acceptors (Lipinski definition) is 3. The lowest BCUT2D eigenvalue weighted by molar-refractivity contribution is 0.0601. The molecule has 0 radical (unpaired) electrons. The van der Waals surface area contributed by atoms with E-state index in [9.17, 15) is 4.79 Å². The van der Waals surface area contributed by atoms with E-state index in [1.807, 2.05) is 0 Å². The van der Waals surface area contributed by atoms with E-state index in [-0.39, 0.29) is 6.09 Å². The minimum Gasteiger partial charge on any atom is -0.447 e. The van der Waals surface area contributed by atoms with Crippen LogP contribution in [0.3, 0.4) is 0 Å². The molecule has 0 unspecified atom stereocenters. The summed E-state index contributed by atoms with van der Waals surface area (Å²) in [6, 6.07) is 0. The van der Waals surface area contributed by atoms with Crippen LogP contribution in [0.25, 0.3) is 0 Å². The summed E-state index contributed by atoms with van der Waals surface area (Å²) in [4.78, 5) is 13.4. The number of hydrogen-bond donors (Lipinski definition) is 0. The third-order valence-corrected chi connectivity index (χ3v) is 2.69. The van der Waals surface area contributed by atoms with Gasteiger partial charge < -0.3 is 14.4 Å². The summed E-state index contributed by atoms with van der Waals surface area (Å²) in [6.45, 7) is 2.88. The van der Waals surface area contributed by atoms with Crippen LogP contribution < -0.4 is 0 Å². The molecule has 1 rings (SSSR count). The summed E-state index contributed by atoms with van der Waals surface area (Å²) in [6.07, 6.45) is 4.37. The first-order valence-corrected chi connectivity index (χ1v) is 6.43. The van der Waals surface area contributed by atoms with Gasteiger partial charge in [0.1, 0.15) is 6.61 Å². The zero-order valence-corrected chi connectivity index (χ0v) is 10.4. The van der Waals surface area contributed by atoms with Gasteiger partial charge in [-0.2, -0.15) is 0 Å². The van der Waals surface area contributed by atoms with Crippen molar-refractivity contribution in [1.82, 2.24) is 4.90 Å². The second-order valence-electron chi connectivity index (χ2n) is 3.82. The number of halogens is 1. The number of carbonyl (C=O) groups excluding carboxylic acids is 1. The maximum absolute atomic E-state index is 11.6. The van der Waals surface area contributed by atoms with Crippen molar-refractivity contribution >= 4 is 17.7 Å². The Morgan fingerprint density at radius 2 is 1.75 bits per heavy atom. The third-order valence-electron chi connectivity index (χ3n) is 2.54. The van der Waals surface area contributed by atoms with Crippen molar-refractivity contribution < 1.29 is 14.3 Å². The Balaban J connectivity index is 2.08. The van der Waals surface area contributed by atoms with E-state index in [0.29, 0.717) is 25.7 Å². The minimum absolute atomic E-state index is 0.212. The van der Waals surface area contributed by atoms with Crippen molar-refractivity contribution in [2.75, 3.05) is 38.8 Å². The van der Waals surface area contributed by atoms with Crippen LogP contribution in [0.5, 0.6) is 0 Å². The molecule has 1 heterocycles. The average molecular weight is 250 g/mol. The highest BCUT2D eigenvalue weighted by Gasteiger charge is 2.16. The van der Waals surface area contributed by atoms with Crippen LogP contribution in [0, 0.1) is 0 Å². The largest absolute Gasteiger partial charge is 0.447 e. The fraction of sp³-hybridized carbons (Fsp3) is 0.909. The molecule has 0 bridgehead atoms. The highest BCUT2D eigenvalue weighted by atomic mass is 35.5. The Hall–Kier alpha value is -0.480. The fourth-order valence-electron chi connectivity index (χ4n) is 1.69. The summed E-state index contributed by atoms with van der Waals surface area (Å²) < 4.78 is 10.2. The SMILES string of the molecule is O=C(OCCOCCCl)N1CCCCCC1. The second-order valence-corrected chi connectivity index (χ2v) is 4.19. The molecule has 0 saturated carbocycles. The first kappa shape index (κ1) is 13.6. The van der Waals surface area contributed by atoms with E-state index in [2.05, 4.69) is 0 Å². The topological polar surface area (TPSA) is 38.8 Å². The monoisotopic (exact) mass is 249 g/mol. The number of ether oxygens (including phenoxy) is 2. The number of likely N-dealkylation sites (tertiary alicyclic amines) is 1. The molecular formula is C11H20ClNO3. The van der Waals surface area contributed by atoms with Gasteiger partial charge in [-0.15, -0.1) is 11.6 Å². The number of rotatable bonds is 5. The zero-order chi connectivity index (χ0) is 11.6. The summed E-state index contributed by atoms with van der Waals surface area (Å²) in [5.74, 6) is 0.472. The number of amides is 1. The molecule has 0 aromatic heterocycles. The molecule has 0 aliphatic carbocycles. The van der Waals surface area contributed by atoms with Gasteiger partial charge in [0.25, 0.3) is 0 Å². The van der Waals surface area contributed by atoms with Gasteiger partial charge in [-0.3, -0.25) is 0 Å². The summed E-state index contributed by atoms with van der Waals surface area (Å²) in [5, 5.41) is 0. The van der Waals surface area contributed by atoms with Gasteiger partial charge in [-0.1, -0.05) is 12.8 Å². The number of alkyl halides is 1. The lowest BCUT2D eigenvalue weighted by Gasteiger charge is -2.19. The molecule has 4 nitrogen and oxygen atoms in total. The van der Waals surface area contributed by atoms with E-state index in [1.165, 1.54) is 12.8 Å². The van der Waals surface area contributed by atoms with E-state index >= 15 is 0 Å². The third kappa shape index (κ3) is 5.56. The van der Waals surface area contributed by atoms with Crippen LogP contribution in [0.15, 0.2) is 0 Å². The van der Waals surface area contributed by atoms with Crippen molar-refractivity contribution in [3.63, 3.8) is 0 Å². The lowest BCUT2D eigenvalue weighted by atomic mass is 10.2. The van der Waals surface area contributed by atoms with E-state index in [4.69, 9.17) is 21.1 Å². The van der Waals surface area contributed by atoms with E-state index in [0.717, 1.165) is 25.9 Å². The van der Waals surface area contributed by atoms with Gasteiger partial charge in [-0.25, -0.2) is 4.79 Å². The molecule has 16 heavy (non-hydrogen) atoms. The molecule has 1 amide bonds. The quantitative estimate of drug-likeness (QED) is 0.554. The molecule has 1 fully saturated rings. The van der Waals surface area contributed by atoms with E-state index < -0.39 is 0 Å². The molecule has 0 atom stereocenters. The van der Waals surface area contributed by atoms with Gasteiger partial charge in [-0.05, 0) is 12.8 Å². The van der Waals surface area contributed by atoms with Gasteiger partial charge >= 0.3 is 6.09 Å². The van der Waals surface area contributed by atoms with Crippen LogP contribution in [0.4, 0.5) is 4.79 Å². The van der Waals surface area contributed by atoms with Gasteiger partial charge in [0.2, 0.25) is 0 Å². The standard InChI is InChI=1S/C11H20ClNO3/c12-5-8-15-9-10-16-11(14)13-6-3-1-2-4-7-13/h1-10H2. The highest BCUT2D eigenvalue weighted by Crippen LogP contribution is 2.10. The highest BCUT2D eigenvalue weighted by molar-refractivity contribution is 6.17. The van der Waals surface area contributed by atoms with Crippen LogP contribution >= 0.6 is 11.6 Å². The Kier molecular flexibility index (Phi) is 7.34. The molecule has 0 aromatic carbocycles. The normalized spacial score (nSPS) is 16.9. The molecule has 1 aliphatic rings. The molecule has 1 aliphatic heterocycles. The lowest BCUT2D eigenvalue weighted by Crippen LogP contribution is -2.33. The zero-order valence-electron chi connectivity index (χ0n) is 9.62. The Morgan fingerprint density at radius 1 is 1.06 bits per heavy atom. The predicted octanol–water partition coefficient (Wildman–Crippen LogP) is 2.25.